The third-order valence-electron chi connectivity index (χ3n) is 7.65. The minimum Gasteiger partial charge on any atom is -0.378 e. The molecule has 30 heavy (non-hydrogen) atoms. The molecular weight excluding hydrogens is 378 g/mol. The van der Waals surface area contributed by atoms with Gasteiger partial charge in [0.05, 0.1) is 12.2 Å². The summed E-state index contributed by atoms with van der Waals surface area (Å²) < 4.78 is 12.0. The van der Waals surface area contributed by atoms with Crippen molar-refractivity contribution in [3.63, 3.8) is 0 Å². The molecule has 2 aromatic heterocycles. The van der Waals surface area contributed by atoms with Gasteiger partial charge in [-0.05, 0) is 63.5 Å². The minimum atomic E-state index is 0.385. The molecule has 2 aromatic rings. The first-order valence-electron chi connectivity index (χ1n) is 11.7. The van der Waals surface area contributed by atoms with Crippen LogP contribution in [0.4, 0.5) is 11.6 Å². The zero-order valence-electron chi connectivity index (χ0n) is 17.4. The van der Waals surface area contributed by atoms with E-state index < -0.39 is 0 Å². The number of hydrogen-bond donors (Lipinski definition) is 2. The SMILES string of the molecule is c1cnc2nc(NC3CCCC4OCCC34)c(NC3CCCC4OCCC34)nc2c1. The van der Waals surface area contributed by atoms with Crippen LogP contribution in [0.1, 0.15) is 51.4 Å². The fourth-order valence-electron chi connectivity index (χ4n) is 6.16. The van der Waals surface area contributed by atoms with Crippen molar-refractivity contribution in [2.45, 2.75) is 75.7 Å². The Kier molecular flexibility index (Phi) is 4.96. The largest absolute Gasteiger partial charge is 0.378 e. The molecule has 2 saturated carbocycles. The number of anilines is 2. The van der Waals surface area contributed by atoms with Crippen LogP contribution in [0.5, 0.6) is 0 Å². The molecule has 0 bridgehead atoms. The smallest absolute Gasteiger partial charge is 0.180 e. The highest BCUT2D eigenvalue weighted by molar-refractivity contribution is 5.77. The molecule has 0 amide bonds. The van der Waals surface area contributed by atoms with Gasteiger partial charge in [0.1, 0.15) is 5.52 Å². The number of rotatable bonds is 4. The van der Waals surface area contributed by atoms with Gasteiger partial charge in [0.2, 0.25) is 0 Å². The van der Waals surface area contributed by atoms with Crippen LogP contribution in [-0.4, -0.2) is 52.5 Å². The number of pyridine rings is 1. The van der Waals surface area contributed by atoms with Crippen molar-refractivity contribution >= 4 is 22.8 Å². The number of nitrogens with one attached hydrogen (secondary N) is 2. The molecule has 2 aliphatic carbocycles. The molecular formula is C23H31N5O2. The molecule has 2 aliphatic heterocycles. The lowest BCUT2D eigenvalue weighted by molar-refractivity contribution is 0.0615. The average Bonchev–Trinajstić information content (AvgIpc) is 3.44. The molecule has 6 unspecified atom stereocenters. The quantitative estimate of drug-likeness (QED) is 0.796. The lowest BCUT2D eigenvalue weighted by Gasteiger charge is -2.35. The molecule has 0 aromatic carbocycles. The van der Waals surface area contributed by atoms with Crippen LogP contribution in [0.2, 0.25) is 0 Å². The van der Waals surface area contributed by atoms with Crippen molar-refractivity contribution in [2.75, 3.05) is 23.8 Å². The standard InChI is InChI=1S/C23H31N5O2/c1-4-16(14-9-12-29-19(14)7-1)25-22-23(28-21-18(27-22)6-3-11-24-21)26-17-5-2-8-20-15(17)10-13-30-20/h3,6,11,14-17,19-20H,1-2,4-5,7-10,12-13H2,(H,25,27)(H,24,26,28). The summed E-state index contributed by atoms with van der Waals surface area (Å²) in [6.45, 7) is 1.77. The Bertz CT molecular complexity index is 836. The molecule has 7 nitrogen and oxygen atoms in total. The second-order valence-electron chi connectivity index (χ2n) is 9.35. The van der Waals surface area contributed by atoms with Crippen LogP contribution in [0.3, 0.4) is 0 Å². The number of fused-ring (bicyclic) bond motifs is 3. The van der Waals surface area contributed by atoms with E-state index in [4.69, 9.17) is 19.4 Å². The zero-order valence-corrected chi connectivity index (χ0v) is 17.4. The predicted octanol–water partition coefficient (Wildman–Crippen LogP) is 3.76. The molecule has 160 valence electrons. The zero-order chi connectivity index (χ0) is 19.9. The first-order chi connectivity index (χ1) is 14.8. The third kappa shape index (κ3) is 3.42. The van der Waals surface area contributed by atoms with Gasteiger partial charge in [0.25, 0.3) is 0 Å². The monoisotopic (exact) mass is 409 g/mol. The van der Waals surface area contributed by atoms with Crippen LogP contribution < -0.4 is 10.6 Å². The highest BCUT2D eigenvalue weighted by Gasteiger charge is 2.40. The lowest BCUT2D eigenvalue weighted by atomic mass is 9.81. The number of ether oxygens (including phenoxy) is 2. The first-order valence-corrected chi connectivity index (χ1v) is 11.7. The Morgan fingerprint density at radius 1 is 0.767 bits per heavy atom. The van der Waals surface area contributed by atoms with Crippen molar-refractivity contribution in [3.8, 4) is 0 Å². The van der Waals surface area contributed by atoms with E-state index in [-0.39, 0.29) is 0 Å². The van der Waals surface area contributed by atoms with E-state index in [0.29, 0.717) is 41.8 Å². The summed E-state index contributed by atoms with van der Waals surface area (Å²) in [5.41, 5.74) is 1.54. The summed E-state index contributed by atoms with van der Waals surface area (Å²) in [4.78, 5) is 14.3. The molecule has 6 atom stereocenters. The number of aromatic nitrogens is 3. The van der Waals surface area contributed by atoms with E-state index >= 15 is 0 Å². The van der Waals surface area contributed by atoms with Crippen LogP contribution in [0, 0.1) is 11.8 Å². The minimum absolute atomic E-state index is 0.385. The van der Waals surface area contributed by atoms with Gasteiger partial charge in [-0.25, -0.2) is 15.0 Å². The van der Waals surface area contributed by atoms with Gasteiger partial charge in [0, 0.05) is 43.3 Å². The maximum Gasteiger partial charge on any atom is 0.180 e. The van der Waals surface area contributed by atoms with E-state index in [9.17, 15) is 0 Å². The Balaban J connectivity index is 1.31. The van der Waals surface area contributed by atoms with E-state index in [0.717, 1.165) is 49.6 Å². The fourth-order valence-corrected chi connectivity index (χ4v) is 6.16. The maximum atomic E-state index is 5.98. The van der Waals surface area contributed by atoms with E-state index in [2.05, 4.69) is 15.6 Å². The Hall–Kier alpha value is -1.99. The van der Waals surface area contributed by atoms with Crippen molar-refractivity contribution in [2.24, 2.45) is 11.8 Å². The first kappa shape index (κ1) is 18.8. The van der Waals surface area contributed by atoms with Gasteiger partial charge in [-0.15, -0.1) is 0 Å². The maximum absolute atomic E-state index is 5.98. The van der Waals surface area contributed by atoms with E-state index in [1.54, 1.807) is 6.20 Å². The number of hydrogen-bond acceptors (Lipinski definition) is 7. The molecule has 0 spiro atoms. The van der Waals surface area contributed by atoms with Crippen molar-refractivity contribution in [3.05, 3.63) is 18.3 Å². The van der Waals surface area contributed by atoms with Gasteiger partial charge in [0.15, 0.2) is 17.3 Å². The summed E-state index contributed by atoms with van der Waals surface area (Å²) in [7, 11) is 0. The van der Waals surface area contributed by atoms with Crippen molar-refractivity contribution in [1.82, 2.24) is 15.0 Å². The van der Waals surface area contributed by atoms with Crippen LogP contribution >= 0.6 is 0 Å². The van der Waals surface area contributed by atoms with Gasteiger partial charge < -0.3 is 20.1 Å². The van der Waals surface area contributed by atoms with Gasteiger partial charge in [-0.2, -0.15) is 0 Å². The number of nitrogens with zero attached hydrogens (tertiary/aromatic N) is 3. The highest BCUT2D eigenvalue weighted by atomic mass is 16.5. The summed E-state index contributed by atoms with van der Waals surface area (Å²) in [6.07, 6.45) is 12.0. The Morgan fingerprint density at radius 2 is 1.40 bits per heavy atom. The summed E-state index contributed by atoms with van der Waals surface area (Å²) in [5, 5.41) is 7.56. The van der Waals surface area contributed by atoms with Crippen LogP contribution in [0.15, 0.2) is 18.3 Å². The van der Waals surface area contributed by atoms with Crippen molar-refractivity contribution in [1.29, 1.82) is 0 Å². The lowest BCUT2D eigenvalue weighted by Crippen LogP contribution is -2.40. The Labute approximate surface area is 177 Å². The molecule has 6 rings (SSSR count). The molecule has 7 heteroatoms. The van der Waals surface area contributed by atoms with Crippen molar-refractivity contribution < 1.29 is 9.47 Å². The van der Waals surface area contributed by atoms with Crippen LogP contribution in [0.25, 0.3) is 11.2 Å². The van der Waals surface area contributed by atoms with Gasteiger partial charge in [-0.1, -0.05) is 0 Å². The topological polar surface area (TPSA) is 81.2 Å². The van der Waals surface area contributed by atoms with Crippen LogP contribution in [-0.2, 0) is 9.47 Å². The molecule has 4 heterocycles. The summed E-state index contributed by atoms with van der Waals surface area (Å²) in [6, 6.07) is 4.70. The fraction of sp³-hybridized carbons (Fsp3) is 0.696. The Morgan fingerprint density at radius 3 is 2.07 bits per heavy atom. The molecule has 4 aliphatic rings. The summed E-state index contributed by atoms with van der Waals surface area (Å²) >= 11 is 0. The van der Waals surface area contributed by atoms with E-state index in [1.165, 1.54) is 32.1 Å². The average molecular weight is 410 g/mol. The molecule has 0 radical (unpaired) electrons. The second-order valence-corrected chi connectivity index (χ2v) is 9.35. The predicted molar refractivity (Wildman–Crippen MR) is 116 cm³/mol. The second kappa shape index (κ2) is 7.93. The molecule has 4 fully saturated rings. The molecule has 2 N–H and O–H groups in total. The summed E-state index contributed by atoms with van der Waals surface area (Å²) in [5.74, 6) is 2.85. The third-order valence-corrected chi connectivity index (χ3v) is 7.65. The van der Waals surface area contributed by atoms with Gasteiger partial charge in [-0.3, -0.25) is 0 Å². The van der Waals surface area contributed by atoms with E-state index in [1.807, 2.05) is 12.1 Å². The molecule has 2 saturated heterocycles. The highest BCUT2D eigenvalue weighted by Crippen LogP contribution is 2.39. The van der Waals surface area contributed by atoms with Gasteiger partial charge >= 0.3 is 0 Å². The normalized spacial score (nSPS) is 35.7.